The minimum Gasteiger partial charge on any atom is -0.476 e. The Morgan fingerprint density at radius 2 is 1.76 bits per heavy atom. The maximum Gasteiger partial charge on any atom is 0.321 e. The first kappa shape index (κ1) is 17.9. The van der Waals surface area contributed by atoms with E-state index in [9.17, 15) is 19.7 Å². The van der Waals surface area contributed by atoms with Gasteiger partial charge < -0.3 is 10.1 Å². The second kappa shape index (κ2) is 8.44. The Balaban J connectivity index is 2.21. The van der Waals surface area contributed by atoms with E-state index < -0.39 is 23.0 Å². The number of hydrogen-bond acceptors (Lipinski definition) is 5. The number of rotatable bonds is 6. The number of hydrogen-bond donors (Lipinski definition) is 2. The zero-order chi connectivity index (χ0) is 18.2. The summed E-state index contributed by atoms with van der Waals surface area (Å²) >= 11 is 0. The Morgan fingerprint density at radius 1 is 1.12 bits per heavy atom. The molecule has 0 saturated heterocycles. The van der Waals surface area contributed by atoms with Crippen molar-refractivity contribution in [3.63, 3.8) is 0 Å². The van der Waals surface area contributed by atoms with Crippen molar-refractivity contribution >= 4 is 17.6 Å². The molecule has 130 valence electrons. The number of ether oxygens (including phenoxy) is 1. The summed E-state index contributed by atoms with van der Waals surface area (Å²) < 4.78 is 5.66. The van der Waals surface area contributed by atoms with Crippen molar-refractivity contribution in [1.82, 2.24) is 10.6 Å². The molecular weight excluding hydrogens is 326 g/mol. The number of nitrogens with one attached hydrogen (secondary N) is 2. The highest BCUT2D eigenvalue weighted by Gasteiger charge is 2.24. The van der Waals surface area contributed by atoms with Gasteiger partial charge >= 0.3 is 6.03 Å². The molecule has 2 aromatic carbocycles. The summed E-state index contributed by atoms with van der Waals surface area (Å²) in [5, 5.41) is 15.4. The molecule has 1 atom stereocenters. The van der Waals surface area contributed by atoms with E-state index in [1.54, 1.807) is 37.3 Å². The molecule has 2 N–H and O–H groups in total. The van der Waals surface area contributed by atoms with Gasteiger partial charge in [-0.3, -0.25) is 20.2 Å². The molecule has 3 amide bonds. The van der Waals surface area contributed by atoms with E-state index in [1.165, 1.54) is 24.3 Å². The van der Waals surface area contributed by atoms with Crippen LogP contribution in [0.5, 0.6) is 5.75 Å². The van der Waals surface area contributed by atoms with Crippen LogP contribution in [0.1, 0.15) is 18.6 Å². The Bertz CT molecular complexity index is 747. The van der Waals surface area contributed by atoms with Crippen LogP contribution in [0.2, 0.25) is 0 Å². The van der Waals surface area contributed by atoms with E-state index in [-0.39, 0.29) is 11.4 Å². The summed E-state index contributed by atoms with van der Waals surface area (Å²) in [7, 11) is 0. The zero-order valence-corrected chi connectivity index (χ0v) is 13.5. The molecule has 2 aromatic rings. The highest BCUT2D eigenvalue weighted by molar-refractivity contribution is 5.97. The molecule has 0 aliphatic rings. The number of imide groups is 1. The predicted octanol–water partition coefficient (Wildman–Crippen LogP) is 2.56. The average Bonchev–Trinajstić information content (AvgIpc) is 2.61. The summed E-state index contributed by atoms with van der Waals surface area (Å²) in [6.45, 7) is 2.10. The number of carbonyl (C=O) groups is 2. The van der Waals surface area contributed by atoms with Gasteiger partial charge in [0.15, 0.2) is 0 Å². The van der Waals surface area contributed by atoms with Crippen LogP contribution in [0.4, 0.5) is 10.5 Å². The number of nitrogens with zero attached hydrogens (tertiary/aromatic N) is 1. The maximum atomic E-state index is 12.4. The second-order valence-corrected chi connectivity index (χ2v) is 5.01. The largest absolute Gasteiger partial charge is 0.476 e. The minimum atomic E-state index is -1.08. The lowest BCUT2D eigenvalue weighted by molar-refractivity contribution is -0.384. The van der Waals surface area contributed by atoms with Crippen molar-refractivity contribution in [2.45, 2.75) is 13.0 Å². The number of amides is 3. The molecular formula is C17H17N3O5. The van der Waals surface area contributed by atoms with Crippen molar-refractivity contribution in [1.29, 1.82) is 0 Å². The molecule has 0 spiro atoms. The number of nitro benzene ring substituents is 1. The molecule has 0 radical (unpaired) electrons. The second-order valence-electron chi connectivity index (χ2n) is 5.01. The van der Waals surface area contributed by atoms with Gasteiger partial charge in [0.2, 0.25) is 6.10 Å². The molecule has 0 fully saturated rings. The van der Waals surface area contributed by atoms with Crippen LogP contribution in [-0.2, 0) is 4.79 Å². The molecule has 0 saturated carbocycles. The molecule has 0 unspecified atom stereocenters. The summed E-state index contributed by atoms with van der Waals surface area (Å²) in [4.78, 5) is 34.2. The number of nitro groups is 1. The van der Waals surface area contributed by atoms with E-state index in [1.807, 2.05) is 0 Å². The van der Waals surface area contributed by atoms with Gasteiger partial charge in [0.05, 0.1) is 4.92 Å². The lowest BCUT2D eigenvalue weighted by atomic mass is 10.1. The van der Waals surface area contributed by atoms with Gasteiger partial charge in [-0.15, -0.1) is 0 Å². The lowest BCUT2D eigenvalue weighted by Gasteiger charge is -2.18. The van der Waals surface area contributed by atoms with Gasteiger partial charge in [0, 0.05) is 24.2 Å². The first-order valence-electron chi connectivity index (χ1n) is 7.56. The first-order valence-corrected chi connectivity index (χ1v) is 7.56. The average molecular weight is 343 g/mol. The minimum absolute atomic E-state index is 0.0876. The predicted molar refractivity (Wildman–Crippen MR) is 90.1 cm³/mol. The molecule has 8 nitrogen and oxygen atoms in total. The van der Waals surface area contributed by atoms with Gasteiger partial charge in [-0.1, -0.05) is 30.3 Å². The fraction of sp³-hybridized carbons (Fsp3) is 0.176. The Hall–Kier alpha value is -3.42. The summed E-state index contributed by atoms with van der Waals surface area (Å²) in [6.07, 6.45) is -1.08. The third-order valence-electron chi connectivity index (χ3n) is 3.22. The highest BCUT2D eigenvalue weighted by atomic mass is 16.6. The van der Waals surface area contributed by atoms with Crippen molar-refractivity contribution in [2.75, 3.05) is 6.54 Å². The standard InChI is InChI=1S/C17H17N3O5/c1-2-18-17(22)19-16(21)15(12-6-4-3-5-7-12)25-14-10-8-13(9-11-14)20(23)24/h3-11,15H,2H2,1H3,(H2,18,19,21,22)/t15-/m0/s1. The van der Waals surface area contributed by atoms with Crippen molar-refractivity contribution in [3.05, 3.63) is 70.3 Å². The highest BCUT2D eigenvalue weighted by Crippen LogP contribution is 2.24. The maximum absolute atomic E-state index is 12.4. The number of urea groups is 1. The number of non-ortho nitro benzene ring substituents is 1. The fourth-order valence-corrected chi connectivity index (χ4v) is 2.07. The van der Waals surface area contributed by atoms with Crippen LogP contribution in [0, 0.1) is 10.1 Å². The van der Waals surface area contributed by atoms with Crippen molar-refractivity contribution < 1.29 is 19.2 Å². The molecule has 2 rings (SSSR count). The van der Waals surface area contributed by atoms with Crippen LogP contribution in [-0.4, -0.2) is 23.4 Å². The fourth-order valence-electron chi connectivity index (χ4n) is 2.07. The van der Waals surface area contributed by atoms with Crippen LogP contribution in [0.15, 0.2) is 54.6 Å². The Labute approximate surface area is 144 Å². The SMILES string of the molecule is CCNC(=O)NC(=O)[C@@H](Oc1ccc([N+](=O)[O-])cc1)c1ccccc1. The Morgan fingerprint density at radius 3 is 2.32 bits per heavy atom. The summed E-state index contributed by atoms with van der Waals surface area (Å²) in [5.74, 6) is -0.374. The third kappa shape index (κ3) is 5.03. The van der Waals surface area contributed by atoms with Crippen LogP contribution >= 0.6 is 0 Å². The molecule has 0 aliphatic carbocycles. The van der Waals surface area contributed by atoms with E-state index in [4.69, 9.17) is 4.74 Å². The lowest BCUT2D eigenvalue weighted by Crippen LogP contribution is -2.42. The quantitative estimate of drug-likeness (QED) is 0.618. The normalized spacial score (nSPS) is 11.2. The smallest absolute Gasteiger partial charge is 0.321 e. The van der Waals surface area contributed by atoms with Gasteiger partial charge in [-0.25, -0.2) is 4.79 Å². The van der Waals surface area contributed by atoms with E-state index in [2.05, 4.69) is 10.6 Å². The van der Waals surface area contributed by atoms with Gasteiger partial charge in [0.25, 0.3) is 11.6 Å². The first-order chi connectivity index (χ1) is 12.0. The van der Waals surface area contributed by atoms with E-state index >= 15 is 0 Å². The van der Waals surface area contributed by atoms with E-state index in [0.717, 1.165) is 0 Å². The number of carbonyl (C=O) groups excluding carboxylic acids is 2. The molecule has 0 aromatic heterocycles. The monoisotopic (exact) mass is 343 g/mol. The number of benzene rings is 2. The van der Waals surface area contributed by atoms with Crippen LogP contribution in [0.3, 0.4) is 0 Å². The molecule has 0 aliphatic heterocycles. The molecule has 25 heavy (non-hydrogen) atoms. The van der Waals surface area contributed by atoms with Gasteiger partial charge in [-0.05, 0) is 19.1 Å². The van der Waals surface area contributed by atoms with Crippen molar-refractivity contribution in [2.24, 2.45) is 0 Å². The summed E-state index contributed by atoms with van der Waals surface area (Å²) in [5.41, 5.74) is 0.457. The molecule has 0 bridgehead atoms. The van der Waals surface area contributed by atoms with Gasteiger partial charge in [0.1, 0.15) is 5.75 Å². The van der Waals surface area contributed by atoms with Crippen molar-refractivity contribution in [3.8, 4) is 5.75 Å². The third-order valence-corrected chi connectivity index (χ3v) is 3.22. The van der Waals surface area contributed by atoms with Crippen LogP contribution < -0.4 is 15.4 Å². The topological polar surface area (TPSA) is 111 Å². The summed E-state index contributed by atoms with van der Waals surface area (Å²) in [6, 6.07) is 13.4. The zero-order valence-electron chi connectivity index (χ0n) is 13.5. The Kier molecular flexibility index (Phi) is 6.05. The molecule has 8 heteroatoms. The van der Waals surface area contributed by atoms with E-state index in [0.29, 0.717) is 12.1 Å². The van der Waals surface area contributed by atoms with Gasteiger partial charge in [-0.2, -0.15) is 0 Å². The molecule has 0 heterocycles. The van der Waals surface area contributed by atoms with Crippen LogP contribution in [0.25, 0.3) is 0 Å².